The van der Waals surface area contributed by atoms with E-state index in [1.807, 2.05) is 36.7 Å². The summed E-state index contributed by atoms with van der Waals surface area (Å²) in [5.74, 6) is 0.776. The second-order valence-electron chi connectivity index (χ2n) is 13.7. The van der Waals surface area contributed by atoms with Gasteiger partial charge in [-0.05, 0) is 57.0 Å². The lowest BCUT2D eigenvalue weighted by Gasteiger charge is -2.23. The molecule has 236 valence electrons. The summed E-state index contributed by atoms with van der Waals surface area (Å²) in [7, 11) is 0. The Labute approximate surface area is 290 Å². The maximum atomic E-state index is 5.14. The average molecular weight is 641 g/mol. The SMILES string of the molecule is CC1(C)c2ccccc2-c2c1c1ccccc1c1c2c2ccccc2n1-c1cnc(-c2cc(-c3ccccc3)cc(-c3ccccc3)n2)cn1. The van der Waals surface area contributed by atoms with Crippen LogP contribution >= 0.6 is 0 Å². The van der Waals surface area contributed by atoms with Gasteiger partial charge in [-0.25, -0.2) is 15.0 Å². The number of nitrogens with zero attached hydrogens (tertiary/aromatic N) is 4. The van der Waals surface area contributed by atoms with Crippen LogP contribution in [0.3, 0.4) is 0 Å². The van der Waals surface area contributed by atoms with Gasteiger partial charge in [0.2, 0.25) is 0 Å². The Morgan fingerprint density at radius 2 is 1.16 bits per heavy atom. The second-order valence-corrected chi connectivity index (χ2v) is 13.7. The van der Waals surface area contributed by atoms with E-state index in [0.717, 1.165) is 50.6 Å². The first kappa shape index (κ1) is 28.6. The number of fused-ring (bicyclic) bond motifs is 10. The third kappa shape index (κ3) is 4.15. The summed E-state index contributed by atoms with van der Waals surface area (Å²) < 4.78 is 2.31. The Balaban J connectivity index is 1.21. The Morgan fingerprint density at radius 3 is 1.92 bits per heavy atom. The van der Waals surface area contributed by atoms with Crippen molar-refractivity contribution in [2.75, 3.05) is 0 Å². The molecule has 0 atom stereocenters. The number of pyridine rings is 1. The highest BCUT2D eigenvalue weighted by Crippen LogP contribution is 2.56. The van der Waals surface area contributed by atoms with Crippen LogP contribution in [0, 0.1) is 0 Å². The van der Waals surface area contributed by atoms with Crippen LogP contribution in [0.4, 0.5) is 0 Å². The van der Waals surface area contributed by atoms with Crippen LogP contribution in [-0.2, 0) is 5.41 Å². The molecule has 0 unspecified atom stereocenters. The zero-order valence-corrected chi connectivity index (χ0v) is 27.8. The molecule has 1 aliphatic rings. The fourth-order valence-corrected chi connectivity index (χ4v) is 8.24. The van der Waals surface area contributed by atoms with E-state index in [2.05, 4.69) is 140 Å². The molecule has 9 aromatic rings. The lowest BCUT2D eigenvalue weighted by Crippen LogP contribution is -2.15. The van der Waals surface area contributed by atoms with Gasteiger partial charge >= 0.3 is 0 Å². The molecule has 0 saturated carbocycles. The lowest BCUT2D eigenvalue weighted by molar-refractivity contribution is 0.666. The molecular formula is C46H32N4. The highest BCUT2D eigenvalue weighted by molar-refractivity contribution is 6.26. The predicted octanol–water partition coefficient (Wildman–Crippen LogP) is 11.4. The van der Waals surface area contributed by atoms with Crippen LogP contribution in [0.5, 0.6) is 0 Å². The molecule has 0 N–H and O–H groups in total. The summed E-state index contributed by atoms with van der Waals surface area (Å²) in [5.41, 5.74) is 13.2. The minimum atomic E-state index is -0.135. The zero-order valence-electron chi connectivity index (χ0n) is 27.8. The third-order valence-corrected chi connectivity index (χ3v) is 10.5. The number of hydrogen-bond donors (Lipinski definition) is 0. The van der Waals surface area contributed by atoms with Crippen molar-refractivity contribution < 1.29 is 0 Å². The first-order valence-electron chi connectivity index (χ1n) is 17.1. The number of benzene rings is 6. The van der Waals surface area contributed by atoms with Crippen molar-refractivity contribution in [1.29, 1.82) is 0 Å². The predicted molar refractivity (Wildman–Crippen MR) is 206 cm³/mol. The van der Waals surface area contributed by atoms with Crippen LogP contribution in [0.25, 0.3) is 83.3 Å². The molecule has 0 fully saturated rings. The van der Waals surface area contributed by atoms with E-state index in [1.165, 1.54) is 43.8 Å². The molecule has 1 aliphatic carbocycles. The van der Waals surface area contributed by atoms with Crippen molar-refractivity contribution in [2.45, 2.75) is 19.3 Å². The highest BCUT2D eigenvalue weighted by Gasteiger charge is 2.39. The Bertz CT molecular complexity index is 2700. The quantitative estimate of drug-likeness (QED) is 0.192. The van der Waals surface area contributed by atoms with Gasteiger partial charge in [0.05, 0.1) is 34.8 Å². The molecule has 0 saturated heterocycles. The van der Waals surface area contributed by atoms with Crippen LogP contribution < -0.4 is 0 Å². The van der Waals surface area contributed by atoms with Gasteiger partial charge in [0.1, 0.15) is 5.69 Å². The fraction of sp³-hybridized carbons (Fsp3) is 0.0652. The van der Waals surface area contributed by atoms with E-state index in [1.54, 1.807) is 0 Å². The van der Waals surface area contributed by atoms with E-state index in [0.29, 0.717) is 0 Å². The van der Waals surface area contributed by atoms with Gasteiger partial charge in [0.25, 0.3) is 0 Å². The summed E-state index contributed by atoms with van der Waals surface area (Å²) in [5, 5.41) is 4.98. The summed E-state index contributed by atoms with van der Waals surface area (Å²) in [4.78, 5) is 15.3. The van der Waals surface area contributed by atoms with E-state index in [9.17, 15) is 0 Å². The topological polar surface area (TPSA) is 43.6 Å². The van der Waals surface area contributed by atoms with Crippen LogP contribution in [-0.4, -0.2) is 19.5 Å². The summed E-state index contributed by atoms with van der Waals surface area (Å²) >= 11 is 0. The Kier molecular flexibility index (Phi) is 6.19. The number of para-hydroxylation sites is 1. The first-order valence-corrected chi connectivity index (χ1v) is 17.1. The average Bonchev–Trinajstić information content (AvgIpc) is 3.65. The first-order chi connectivity index (χ1) is 24.6. The smallest absolute Gasteiger partial charge is 0.156 e. The molecule has 4 heteroatoms. The second kappa shape index (κ2) is 10.8. The van der Waals surface area contributed by atoms with Crippen molar-refractivity contribution in [3.8, 4) is 50.7 Å². The highest BCUT2D eigenvalue weighted by atomic mass is 15.1. The van der Waals surface area contributed by atoms with Crippen LogP contribution in [0.1, 0.15) is 25.0 Å². The van der Waals surface area contributed by atoms with Crippen molar-refractivity contribution in [1.82, 2.24) is 19.5 Å². The monoisotopic (exact) mass is 640 g/mol. The largest absolute Gasteiger partial charge is 0.292 e. The van der Waals surface area contributed by atoms with Crippen molar-refractivity contribution in [3.05, 3.63) is 169 Å². The van der Waals surface area contributed by atoms with E-state index in [4.69, 9.17) is 15.0 Å². The van der Waals surface area contributed by atoms with Crippen molar-refractivity contribution in [2.24, 2.45) is 0 Å². The minimum Gasteiger partial charge on any atom is -0.292 e. The molecule has 0 amide bonds. The van der Waals surface area contributed by atoms with E-state index < -0.39 is 0 Å². The maximum absolute atomic E-state index is 5.14. The standard InChI is InChI=1S/C46H32N4/c1-46(2)36-23-13-11-21-34(36)42-43-35-22-12-14-24-40(35)50(45(43)33-20-10-9-19-32(33)44(42)46)41-28-47-39(27-48-41)38-26-31(29-15-5-3-6-16-29)25-37(49-38)30-17-7-4-8-18-30/h3-28H,1-2H3. The van der Waals surface area contributed by atoms with Crippen LogP contribution in [0.2, 0.25) is 0 Å². The van der Waals surface area contributed by atoms with Gasteiger partial charge in [-0.1, -0.05) is 141 Å². The van der Waals surface area contributed by atoms with Gasteiger partial charge in [-0.2, -0.15) is 0 Å². The molecule has 50 heavy (non-hydrogen) atoms. The van der Waals surface area contributed by atoms with Gasteiger partial charge in [0.15, 0.2) is 5.82 Å². The molecular weight excluding hydrogens is 609 g/mol. The van der Waals surface area contributed by atoms with Gasteiger partial charge in [0, 0.05) is 27.1 Å². The van der Waals surface area contributed by atoms with Crippen molar-refractivity contribution in [3.63, 3.8) is 0 Å². The third-order valence-electron chi connectivity index (χ3n) is 10.5. The number of rotatable bonds is 4. The molecule has 0 spiro atoms. The molecule has 3 aromatic heterocycles. The Hall–Kier alpha value is -6.39. The molecule has 0 radical (unpaired) electrons. The summed E-state index contributed by atoms with van der Waals surface area (Å²) in [6.45, 7) is 4.73. The molecule has 4 nitrogen and oxygen atoms in total. The molecule has 0 aliphatic heterocycles. The lowest BCUT2D eigenvalue weighted by atomic mass is 9.79. The molecule has 6 aromatic carbocycles. The maximum Gasteiger partial charge on any atom is 0.156 e. The van der Waals surface area contributed by atoms with E-state index >= 15 is 0 Å². The minimum absolute atomic E-state index is 0.135. The molecule has 0 bridgehead atoms. The van der Waals surface area contributed by atoms with Gasteiger partial charge < -0.3 is 0 Å². The molecule has 10 rings (SSSR count). The van der Waals surface area contributed by atoms with Gasteiger partial charge in [-0.15, -0.1) is 0 Å². The fourth-order valence-electron chi connectivity index (χ4n) is 8.24. The number of hydrogen-bond acceptors (Lipinski definition) is 3. The summed E-state index contributed by atoms with van der Waals surface area (Å²) in [6, 6.07) is 51.5. The molecule has 3 heterocycles. The zero-order chi connectivity index (χ0) is 33.4. The van der Waals surface area contributed by atoms with Crippen molar-refractivity contribution >= 4 is 32.6 Å². The normalized spacial score (nSPS) is 13.2. The van der Waals surface area contributed by atoms with E-state index in [-0.39, 0.29) is 5.41 Å². The number of aromatic nitrogens is 4. The van der Waals surface area contributed by atoms with Crippen LogP contribution in [0.15, 0.2) is 158 Å². The Morgan fingerprint density at radius 1 is 0.520 bits per heavy atom. The summed E-state index contributed by atoms with van der Waals surface area (Å²) in [6.07, 6.45) is 3.77. The van der Waals surface area contributed by atoms with Gasteiger partial charge in [-0.3, -0.25) is 4.57 Å².